The molecule has 4 unspecified atom stereocenters. The Balaban J connectivity index is 1.82. The predicted octanol–water partition coefficient (Wildman–Crippen LogP) is 6.32. The van der Waals surface area contributed by atoms with Gasteiger partial charge in [-0.25, -0.2) is 14.9 Å². The fraction of sp³-hybridized carbons (Fsp3) is 0.533. The lowest BCUT2D eigenvalue weighted by molar-refractivity contribution is -0.165. The second-order valence-electron chi connectivity index (χ2n) is 15.5. The van der Waals surface area contributed by atoms with Crippen LogP contribution >= 0.6 is 0 Å². The molecule has 17 heteroatoms. The number of benzene rings is 2. The maximum Gasteiger partial charge on any atom is 0.500 e. The Labute approximate surface area is 364 Å². The predicted molar refractivity (Wildman–Crippen MR) is 226 cm³/mol. The molecule has 0 aromatic heterocycles. The summed E-state index contributed by atoms with van der Waals surface area (Å²) in [5.74, 6) is -5.24. The van der Waals surface area contributed by atoms with Crippen LogP contribution in [0.15, 0.2) is 48.2 Å². The summed E-state index contributed by atoms with van der Waals surface area (Å²) < 4.78 is 43.7. The van der Waals surface area contributed by atoms with E-state index in [0.29, 0.717) is 46.7 Å². The number of hydrogen-bond donors (Lipinski definition) is 1. The molecule has 1 aliphatic carbocycles. The molecule has 0 saturated heterocycles. The lowest BCUT2D eigenvalue weighted by Gasteiger charge is -2.37. The molecule has 336 valence electrons. The highest BCUT2D eigenvalue weighted by atomic mass is 28.4. The smallest absolute Gasteiger partial charge is 0.469 e. The minimum Gasteiger partial charge on any atom is -0.469 e. The van der Waals surface area contributed by atoms with Gasteiger partial charge >= 0.3 is 38.7 Å². The van der Waals surface area contributed by atoms with Crippen LogP contribution in [0.1, 0.15) is 87.7 Å². The number of aliphatic hydroxyl groups is 1. The summed E-state index contributed by atoms with van der Waals surface area (Å²) in [6, 6.07) is 14.5. The van der Waals surface area contributed by atoms with Crippen LogP contribution in [0.3, 0.4) is 0 Å². The lowest BCUT2D eigenvalue weighted by atomic mass is 9.67. The highest BCUT2D eigenvalue weighted by Gasteiger charge is 2.48. The third kappa shape index (κ3) is 12.4. The van der Waals surface area contributed by atoms with Crippen molar-refractivity contribution in [2.75, 3.05) is 61.5 Å². The minimum atomic E-state index is -2.97. The summed E-state index contributed by atoms with van der Waals surface area (Å²) in [5, 5.41) is 18.9. The van der Waals surface area contributed by atoms with Crippen LogP contribution < -0.4 is 0 Å². The van der Waals surface area contributed by atoms with Crippen LogP contribution in [0.4, 0.5) is 0 Å². The SMILES string of the molecule is [C-]#[N+]/C(C#N)=C1\c2ccccc2-c2c(C(=O)OCCCOC(=O)C(CC(C)C(=O)OCCO)CC(C)(CC(C)(CC)C(=O)OC)C(=O)OCCC[Si](OC)(OC)OC)cccc21. The highest BCUT2D eigenvalue weighted by molar-refractivity contribution is 6.60. The van der Waals surface area contributed by atoms with Gasteiger partial charge in [-0.2, -0.15) is 0 Å². The monoisotopic (exact) mass is 878 g/mol. The van der Waals surface area contributed by atoms with E-state index in [-0.39, 0.29) is 63.4 Å². The zero-order chi connectivity index (χ0) is 46.1. The van der Waals surface area contributed by atoms with E-state index in [1.807, 2.05) is 6.07 Å². The molecule has 2 aromatic carbocycles. The average molecular weight is 879 g/mol. The minimum absolute atomic E-state index is 0.0455. The van der Waals surface area contributed by atoms with Gasteiger partial charge in [0.05, 0.1) is 74.4 Å². The molecule has 3 rings (SSSR count). The Morgan fingerprint density at radius 1 is 0.806 bits per heavy atom. The van der Waals surface area contributed by atoms with Crippen molar-refractivity contribution in [3.8, 4) is 17.2 Å². The van der Waals surface area contributed by atoms with Gasteiger partial charge in [0, 0.05) is 44.9 Å². The Morgan fingerprint density at radius 3 is 2.02 bits per heavy atom. The van der Waals surface area contributed by atoms with Crippen molar-refractivity contribution < 1.29 is 66.0 Å². The van der Waals surface area contributed by atoms with E-state index in [9.17, 15) is 34.3 Å². The number of nitrogens with zero attached hydrogens (tertiary/aromatic N) is 2. The van der Waals surface area contributed by atoms with Crippen LogP contribution in [-0.4, -0.2) is 105 Å². The first-order valence-electron chi connectivity index (χ1n) is 20.4. The molecule has 1 aliphatic rings. The number of ether oxygens (including phenoxy) is 5. The van der Waals surface area contributed by atoms with Crippen molar-refractivity contribution in [3.63, 3.8) is 0 Å². The first-order valence-corrected chi connectivity index (χ1v) is 22.3. The average Bonchev–Trinajstić information content (AvgIpc) is 3.62. The first-order chi connectivity index (χ1) is 29.6. The summed E-state index contributed by atoms with van der Waals surface area (Å²) in [5.41, 5.74) is 0.398. The number of allylic oxidation sites excluding steroid dienone is 1. The fourth-order valence-electron chi connectivity index (χ4n) is 7.75. The summed E-state index contributed by atoms with van der Waals surface area (Å²) in [6.45, 7) is 13.1. The number of methoxy groups -OCH3 is 1. The Morgan fingerprint density at radius 2 is 1.42 bits per heavy atom. The van der Waals surface area contributed by atoms with Gasteiger partial charge in [0.2, 0.25) is 0 Å². The number of carbonyl (C=O) groups is 5. The largest absolute Gasteiger partial charge is 0.500 e. The van der Waals surface area contributed by atoms with Crippen LogP contribution in [-0.2, 0) is 56.1 Å². The lowest BCUT2D eigenvalue weighted by Crippen LogP contribution is -2.43. The molecule has 0 aliphatic heterocycles. The van der Waals surface area contributed by atoms with E-state index in [1.165, 1.54) is 28.4 Å². The number of aliphatic hydroxyl groups excluding tert-OH is 1. The maximum absolute atomic E-state index is 14.1. The molecule has 0 heterocycles. The first kappa shape index (κ1) is 50.9. The van der Waals surface area contributed by atoms with Gasteiger partial charge in [-0.15, -0.1) is 0 Å². The molecule has 16 nitrogen and oxygen atoms in total. The van der Waals surface area contributed by atoms with Crippen molar-refractivity contribution in [2.45, 2.75) is 72.3 Å². The van der Waals surface area contributed by atoms with Gasteiger partial charge in [-0.05, 0) is 68.7 Å². The number of hydrogen-bond acceptors (Lipinski definition) is 15. The van der Waals surface area contributed by atoms with Gasteiger partial charge in [0.1, 0.15) is 6.61 Å². The topological polar surface area (TPSA) is 208 Å². The molecule has 0 saturated carbocycles. The molecule has 0 fully saturated rings. The van der Waals surface area contributed by atoms with E-state index >= 15 is 0 Å². The van der Waals surface area contributed by atoms with Gasteiger partial charge in [0.25, 0.3) is 5.70 Å². The van der Waals surface area contributed by atoms with Crippen molar-refractivity contribution in [1.82, 2.24) is 0 Å². The van der Waals surface area contributed by atoms with Gasteiger partial charge in [0.15, 0.2) is 0 Å². The second kappa shape index (κ2) is 23.7. The summed E-state index contributed by atoms with van der Waals surface area (Å²) in [4.78, 5) is 70.9. The van der Waals surface area contributed by atoms with Crippen molar-refractivity contribution in [1.29, 1.82) is 5.26 Å². The van der Waals surface area contributed by atoms with Crippen molar-refractivity contribution >= 4 is 44.2 Å². The molecule has 0 bridgehead atoms. The molecular weight excluding hydrogens is 821 g/mol. The third-order valence-corrected chi connectivity index (χ3v) is 14.0. The number of rotatable bonds is 25. The quantitative estimate of drug-likeness (QED) is 0.0247. The fourth-order valence-corrected chi connectivity index (χ4v) is 9.44. The number of esters is 5. The van der Waals surface area contributed by atoms with E-state index < -0.39 is 67.9 Å². The Kier molecular flexibility index (Phi) is 19.5. The molecule has 0 amide bonds. The number of carbonyl (C=O) groups excluding carboxylic acids is 5. The summed E-state index contributed by atoms with van der Waals surface area (Å²) in [6.07, 6.45) is 0.354. The molecule has 62 heavy (non-hydrogen) atoms. The standard InChI is InChI=1S/C45H58N2O14Si/c1-10-44(3,42(52)54-6)29-45(4,43(53)61-23-15-25-62(55-7,56-8)57-9)27-31(26-30(2)39(49)60-24-20-48)40(50)58-21-14-22-59-41(51)35-19-13-18-34-37(35)32-16-11-12-17-33(32)38(34)36(28-46)47-5/h11-13,16-19,30-31,48H,10,14-15,20-27,29H2,1-4,6-9H3/b38-36+. The van der Waals surface area contributed by atoms with Gasteiger partial charge in [-0.3, -0.25) is 19.2 Å². The van der Waals surface area contributed by atoms with E-state index in [2.05, 4.69) is 4.85 Å². The zero-order valence-electron chi connectivity index (χ0n) is 36.8. The van der Waals surface area contributed by atoms with E-state index in [4.69, 9.17) is 43.5 Å². The third-order valence-electron chi connectivity index (χ3n) is 11.2. The maximum atomic E-state index is 14.1. The Hall–Kier alpha value is -5.43. The second-order valence-corrected chi connectivity index (χ2v) is 18.6. The molecular formula is C45H58N2O14Si. The van der Waals surface area contributed by atoms with Crippen LogP contribution in [0.25, 0.3) is 21.5 Å². The number of nitriles is 1. The van der Waals surface area contributed by atoms with Crippen molar-refractivity contribution in [2.24, 2.45) is 22.7 Å². The normalized spacial score (nSPS) is 15.5. The molecule has 0 spiro atoms. The zero-order valence-corrected chi connectivity index (χ0v) is 37.8. The molecule has 2 aromatic rings. The van der Waals surface area contributed by atoms with Gasteiger partial charge in [-0.1, -0.05) is 50.2 Å². The Bertz CT molecular complexity index is 2010. The molecule has 1 N–H and O–H groups in total. The summed E-state index contributed by atoms with van der Waals surface area (Å²) in [7, 11) is 2.71. The van der Waals surface area contributed by atoms with Crippen LogP contribution in [0.2, 0.25) is 6.04 Å². The molecule has 0 radical (unpaired) electrons. The van der Waals surface area contributed by atoms with Crippen molar-refractivity contribution in [3.05, 3.63) is 76.3 Å². The summed E-state index contributed by atoms with van der Waals surface area (Å²) >= 11 is 0. The number of fused-ring (bicyclic) bond motifs is 3. The highest BCUT2D eigenvalue weighted by Crippen LogP contribution is 2.48. The van der Waals surface area contributed by atoms with Crippen LogP contribution in [0.5, 0.6) is 0 Å². The molecule has 4 atom stereocenters. The van der Waals surface area contributed by atoms with E-state index in [0.717, 1.165) is 0 Å². The van der Waals surface area contributed by atoms with Gasteiger partial charge < -0.3 is 42.1 Å². The van der Waals surface area contributed by atoms with E-state index in [1.54, 1.807) is 70.2 Å². The van der Waals surface area contributed by atoms with Crippen LogP contribution in [0, 0.1) is 40.6 Å².